The Morgan fingerprint density at radius 3 is 1.57 bits per heavy atom. The maximum atomic E-state index is 13.7. The molecular formula is C45H35Cl2N3O10. The van der Waals surface area contributed by atoms with Crippen LogP contribution in [0.1, 0.15) is 83.2 Å². The smallest absolute Gasteiger partial charge is 0.338 e. The standard InChI is InChI=1S/C45H35Cl2N3O10/c1-25(2)19-37(45(58)60-24-39(52)49-36-18-15-30(47)22-34(36)41(54)27-11-7-4-8-12-27)50-42(55)31-16-13-28(20-32(31)43(50)56)44(57)59-23-38(51)48-35-17-14-29(46)21-33(35)40(53)26-9-5-3-6-10-26/h3-18,20-22,25,37H,19,23-24H2,1-2H3,(H,48,51)(H,49,52). The maximum Gasteiger partial charge on any atom is 0.338 e. The summed E-state index contributed by atoms with van der Waals surface area (Å²) in [7, 11) is 0. The topological polar surface area (TPSA) is 182 Å². The van der Waals surface area contributed by atoms with Crippen LogP contribution < -0.4 is 10.6 Å². The second-order valence-electron chi connectivity index (χ2n) is 13.9. The van der Waals surface area contributed by atoms with Gasteiger partial charge in [-0.05, 0) is 66.9 Å². The number of carbonyl (C=O) groups excluding carboxylic acids is 8. The summed E-state index contributed by atoms with van der Waals surface area (Å²) in [6.45, 7) is 1.94. The van der Waals surface area contributed by atoms with E-state index in [-0.39, 0.29) is 61.6 Å². The predicted octanol–water partition coefficient (Wildman–Crippen LogP) is 7.44. The van der Waals surface area contributed by atoms with Crippen LogP contribution in [0.25, 0.3) is 0 Å². The highest BCUT2D eigenvalue weighted by Crippen LogP contribution is 2.30. The molecule has 60 heavy (non-hydrogen) atoms. The van der Waals surface area contributed by atoms with Crippen molar-refractivity contribution in [2.24, 2.45) is 5.92 Å². The number of ketones is 2. The number of hydrogen-bond donors (Lipinski definition) is 2. The molecule has 2 N–H and O–H groups in total. The average molecular weight is 849 g/mol. The van der Waals surface area contributed by atoms with Gasteiger partial charge in [-0.2, -0.15) is 0 Å². The Morgan fingerprint density at radius 2 is 1.07 bits per heavy atom. The van der Waals surface area contributed by atoms with Gasteiger partial charge in [0.05, 0.1) is 28.1 Å². The molecular weight excluding hydrogens is 813 g/mol. The lowest BCUT2D eigenvalue weighted by Gasteiger charge is -2.25. The molecule has 5 aromatic rings. The first-order valence-corrected chi connectivity index (χ1v) is 19.2. The van der Waals surface area contributed by atoms with E-state index in [0.717, 1.165) is 11.0 Å². The SMILES string of the molecule is CC(C)CC(C(=O)OCC(=O)Nc1ccc(Cl)cc1C(=O)c1ccccc1)N1C(=O)c2ccc(C(=O)OCC(=O)Nc3ccc(Cl)cc3C(=O)c3ccccc3)cc2C1=O. The molecule has 1 aliphatic rings. The van der Waals surface area contributed by atoms with E-state index < -0.39 is 66.4 Å². The molecule has 0 aliphatic carbocycles. The minimum absolute atomic E-state index is 0.0187. The Hall–Kier alpha value is -6.96. The van der Waals surface area contributed by atoms with Crippen LogP contribution in [0.3, 0.4) is 0 Å². The number of carbonyl (C=O) groups is 8. The van der Waals surface area contributed by atoms with Crippen LogP contribution in [0, 0.1) is 5.92 Å². The second kappa shape index (κ2) is 18.7. The van der Waals surface area contributed by atoms with Crippen molar-refractivity contribution in [2.75, 3.05) is 23.8 Å². The van der Waals surface area contributed by atoms with Gasteiger partial charge in [-0.3, -0.25) is 33.7 Å². The van der Waals surface area contributed by atoms with Gasteiger partial charge < -0.3 is 20.1 Å². The first-order chi connectivity index (χ1) is 28.7. The van der Waals surface area contributed by atoms with Gasteiger partial charge in [0.15, 0.2) is 24.8 Å². The zero-order valence-corrected chi connectivity index (χ0v) is 33.5. The summed E-state index contributed by atoms with van der Waals surface area (Å²) >= 11 is 12.3. The predicted molar refractivity (Wildman–Crippen MR) is 221 cm³/mol. The zero-order chi connectivity index (χ0) is 43.1. The van der Waals surface area contributed by atoms with Crippen molar-refractivity contribution in [1.82, 2.24) is 4.90 Å². The van der Waals surface area contributed by atoms with E-state index >= 15 is 0 Å². The molecule has 0 saturated heterocycles. The molecule has 0 spiro atoms. The summed E-state index contributed by atoms with van der Waals surface area (Å²) in [5, 5.41) is 5.62. The molecule has 1 aliphatic heterocycles. The molecule has 15 heteroatoms. The van der Waals surface area contributed by atoms with E-state index in [4.69, 9.17) is 32.7 Å². The van der Waals surface area contributed by atoms with Crippen molar-refractivity contribution < 1.29 is 47.8 Å². The van der Waals surface area contributed by atoms with Crippen LogP contribution in [0.2, 0.25) is 10.0 Å². The molecule has 5 aromatic carbocycles. The van der Waals surface area contributed by atoms with Crippen LogP contribution in [0.4, 0.5) is 11.4 Å². The fourth-order valence-corrected chi connectivity index (χ4v) is 6.70. The van der Waals surface area contributed by atoms with Crippen molar-refractivity contribution in [3.05, 3.63) is 164 Å². The molecule has 13 nitrogen and oxygen atoms in total. The van der Waals surface area contributed by atoms with Crippen molar-refractivity contribution in [3.8, 4) is 0 Å². The van der Waals surface area contributed by atoms with Crippen LogP contribution in [-0.2, 0) is 23.9 Å². The van der Waals surface area contributed by atoms with Crippen LogP contribution in [0.15, 0.2) is 115 Å². The van der Waals surface area contributed by atoms with Crippen LogP contribution in [-0.4, -0.2) is 71.3 Å². The molecule has 6 rings (SSSR count). The Kier molecular flexibility index (Phi) is 13.3. The van der Waals surface area contributed by atoms with Gasteiger partial charge in [-0.25, -0.2) is 9.59 Å². The zero-order valence-electron chi connectivity index (χ0n) is 32.0. The number of halogens is 2. The van der Waals surface area contributed by atoms with Gasteiger partial charge in [0, 0.05) is 32.3 Å². The normalized spacial score (nSPS) is 12.4. The monoisotopic (exact) mass is 847 g/mol. The number of nitrogens with one attached hydrogen (secondary N) is 2. The maximum absolute atomic E-state index is 13.7. The van der Waals surface area contributed by atoms with E-state index in [0.29, 0.717) is 11.1 Å². The first-order valence-electron chi connectivity index (χ1n) is 18.5. The molecule has 0 fully saturated rings. The van der Waals surface area contributed by atoms with Crippen molar-refractivity contribution in [1.29, 1.82) is 0 Å². The number of hydrogen-bond acceptors (Lipinski definition) is 10. The molecule has 4 amide bonds. The minimum atomic E-state index is -1.44. The molecule has 0 saturated carbocycles. The highest BCUT2D eigenvalue weighted by Gasteiger charge is 2.44. The molecule has 1 heterocycles. The Balaban J connectivity index is 1.09. The summed E-state index contributed by atoms with van der Waals surface area (Å²) in [6, 6.07) is 27.5. The van der Waals surface area contributed by atoms with E-state index in [2.05, 4.69) is 10.6 Å². The minimum Gasteiger partial charge on any atom is -0.454 e. The average Bonchev–Trinajstić information content (AvgIpc) is 3.49. The highest BCUT2D eigenvalue weighted by molar-refractivity contribution is 6.32. The van der Waals surface area contributed by atoms with Crippen LogP contribution in [0.5, 0.6) is 0 Å². The number of imide groups is 1. The summed E-state index contributed by atoms with van der Waals surface area (Å²) in [5.41, 5.74) is 0.747. The van der Waals surface area contributed by atoms with E-state index in [1.807, 2.05) is 0 Å². The molecule has 0 radical (unpaired) electrons. The first kappa shape index (κ1) is 42.6. The number of fused-ring (bicyclic) bond motifs is 1. The third-order valence-electron chi connectivity index (χ3n) is 9.18. The van der Waals surface area contributed by atoms with Gasteiger partial charge in [0.25, 0.3) is 23.6 Å². The van der Waals surface area contributed by atoms with Crippen molar-refractivity contribution in [2.45, 2.75) is 26.3 Å². The third kappa shape index (κ3) is 9.83. The summed E-state index contributed by atoms with van der Waals surface area (Å²) in [6.07, 6.45) is -0.0187. The Labute approximate surface area is 353 Å². The van der Waals surface area contributed by atoms with Gasteiger partial charge in [0.1, 0.15) is 6.04 Å². The fourth-order valence-electron chi connectivity index (χ4n) is 6.36. The van der Waals surface area contributed by atoms with Gasteiger partial charge in [-0.1, -0.05) is 97.7 Å². The number of nitrogens with zero attached hydrogens (tertiary/aromatic N) is 1. The number of amides is 4. The Morgan fingerprint density at radius 1 is 0.583 bits per heavy atom. The van der Waals surface area contributed by atoms with E-state index in [1.54, 1.807) is 74.5 Å². The number of benzene rings is 5. The molecule has 304 valence electrons. The summed E-state index contributed by atoms with van der Waals surface area (Å²) in [5.74, 6) is -6.35. The number of esters is 2. The lowest BCUT2D eigenvalue weighted by Crippen LogP contribution is -2.46. The fraction of sp³-hybridized carbons (Fsp3) is 0.156. The highest BCUT2D eigenvalue weighted by atomic mass is 35.5. The van der Waals surface area contributed by atoms with Gasteiger partial charge in [0.2, 0.25) is 0 Å². The van der Waals surface area contributed by atoms with Crippen molar-refractivity contribution in [3.63, 3.8) is 0 Å². The molecule has 1 atom stereocenters. The van der Waals surface area contributed by atoms with Gasteiger partial charge >= 0.3 is 11.9 Å². The van der Waals surface area contributed by atoms with Crippen molar-refractivity contribution >= 4 is 81.7 Å². The Bertz CT molecular complexity index is 2540. The number of ether oxygens (including phenoxy) is 2. The lowest BCUT2D eigenvalue weighted by atomic mass is 10.0. The van der Waals surface area contributed by atoms with E-state index in [1.165, 1.54) is 48.5 Å². The van der Waals surface area contributed by atoms with E-state index in [9.17, 15) is 38.4 Å². The third-order valence-corrected chi connectivity index (χ3v) is 9.65. The van der Waals surface area contributed by atoms with Gasteiger partial charge in [-0.15, -0.1) is 0 Å². The number of rotatable bonds is 15. The molecule has 0 bridgehead atoms. The molecule has 1 unspecified atom stereocenters. The molecule has 0 aromatic heterocycles. The second-order valence-corrected chi connectivity index (χ2v) is 14.8. The quantitative estimate of drug-likeness (QED) is 0.0610. The number of anilines is 2. The lowest BCUT2D eigenvalue weighted by molar-refractivity contribution is -0.151. The largest absolute Gasteiger partial charge is 0.454 e. The summed E-state index contributed by atoms with van der Waals surface area (Å²) < 4.78 is 10.5. The van der Waals surface area contributed by atoms with Crippen LogP contribution >= 0.6 is 23.2 Å². The summed E-state index contributed by atoms with van der Waals surface area (Å²) in [4.78, 5) is 107.